The lowest BCUT2D eigenvalue weighted by molar-refractivity contribution is 1.38. The highest BCUT2D eigenvalue weighted by molar-refractivity contribution is 9.08. The molecule has 0 saturated carbocycles. The minimum Gasteiger partial charge on any atom is -0.233 e. The molecule has 1 nitrogen and oxygen atoms in total. The van der Waals surface area contributed by atoms with Crippen LogP contribution in [0.4, 0.5) is 0 Å². The molecule has 0 spiro atoms. The van der Waals surface area contributed by atoms with Gasteiger partial charge in [-0.1, -0.05) is 27.5 Å². The summed E-state index contributed by atoms with van der Waals surface area (Å²) >= 11 is 10.4. The quantitative estimate of drug-likeness (QED) is 0.652. The largest absolute Gasteiger partial charge is 0.233 e. The first-order valence-corrected chi connectivity index (χ1v) is 4.36. The standard InChI is InChI=1S/C4H3BrClNS/c5-1-3-4(6)7-2-8-3/h2H,1H2. The average molecular weight is 212 g/mol. The molecule has 0 aromatic carbocycles. The highest BCUT2D eigenvalue weighted by Crippen LogP contribution is 2.20. The van der Waals surface area contributed by atoms with Gasteiger partial charge in [-0.05, 0) is 0 Å². The van der Waals surface area contributed by atoms with Crippen LogP contribution in [0.3, 0.4) is 0 Å². The number of alkyl halides is 1. The van der Waals surface area contributed by atoms with E-state index in [1.807, 2.05) is 0 Å². The Morgan fingerprint density at radius 2 is 2.62 bits per heavy atom. The molecule has 44 valence electrons. The van der Waals surface area contributed by atoms with Gasteiger partial charge in [0, 0.05) is 5.33 Å². The van der Waals surface area contributed by atoms with Crippen LogP contribution in [0.2, 0.25) is 5.15 Å². The summed E-state index contributed by atoms with van der Waals surface area (Å²) in [5.41, 5.74) is 1.74. The topological polar surface area (TPSA) is 12.9 Å². The molecule has 1 aromatic rings. The SMILES string of the molecule is Clc1ncsc1CBr. The molecule has 0 unspecified atom stereocenters. The summed E-state index contributed by atoms with van der Waals surface area (Å²) < 4.78 is 0. The number of halogens is 2. The molecule has 4 heteroatoms. The summed E-state index contributed by atoms with van der Waals surface area (Å²) in [4.78, 5) is 4.93. The third kappa shape index (κ3) is 1.21. The molecule has 0 aliphatic carbocycles. The normalized spacial score (nSPS) is 9.75. The molecule has 0 saturated heterocycles. The first-order chi connectivity index (χ1) is 3.84. The molecule has 1 aromatic heterocycles. The van der Waals surface area contributed by atoms with Gasteiger partial charge in [-0.3, -0.25) is 0 Å². The molecule has 1 heterocycles. The average Bonchev–Trinajstić information content (AvgIpc) is 2.14. The molecule has 0 aliphatic heterocycles. The van der Waals surface area contributed by atoms with Crippen LogP contribution in [0, 0.1) is 0 Å². The smallest absolute Gasteiger partial charge is 0.143 e. The van der Waals surface area contributed by atoms with Crippen LogP contribution in [0.1, 0.15) is 4.88 Å². The van der Waals surface area contributed by atoms with Gasteiger partial charge in [0.1, 0.15) is 5.15 Å². The van der Waals surface area contributed by atoms with Crippen LogP contribution in [0.25, 0.3) is 0 Å². The maximum Gasteiger partial charge on any atom is 0.143 e. The maximum absolute atomic E-state index is 5.61. The molecule has 0 radical (unpaired) electrons. The summed E-state index contributed by atoms with van der Waals surface area (Å²) in [6.45, 7) is 0. The monoisotopic (exact) mass is 211 g/mol. The fraction of sp³-hybridized carbons (Fsp3) is 0.250. The van der Waals surface area contributed by atoms with Crippen LogP contribution < -0.4 is 0 Å². The van der Waals surface area contributed by atoms with Gasteiger partial charge in [-0.2, -0.15) is 0 Å². The van der Waals surface area contributed by atoms with Crippen molar-refractivity contribution in [2.24, 2.45) is 0 Å². The lowest BCUT2D eigenvalue weighted by Gasteiger charge is -1.81. The van der Waals surface area contributed by atoms with E-state index < -0.39 is 0 Å². The summed E-state index contributed by atoms with van der Waals surface area (Å²) in [5, 5.41) is 1.42. The van der Waals surface area contributed by atoms with Gasteiger partial charge in [-0.15, -0.1) is 11.3 Å². The van der Waals surface area contributed by atoms with E-state index in [1.165, 1.54) is 0 Å². The van der Waals surface area contributed by atoms with Crippen molar-refractivity contribution in [2.75, 3.05) is 0 Å². The maximum atomic E-state index is 5.61. The summed E-state index contributed by atoms with van der Waals surface area (Å²) in [6.07, 6.45) is 0. The van der Waals surface area contributed by atoms with Gasteiger partial charge in [0.05, 0.1) is 10.4 Å². The Balaban J connectivity index is 2.92. The second-order valence-electron chi connectivity index (χ2n) is 1.20. The molecule has 0 amide bonds. The Kier molecular flexibility index (Phi) is 2.28. The molecule has 8 heavy (non-hydrogen) atoms. The Bertz CT molecular complexity index is 176. The molecule has 1 rings (SSSR count). The van der Waals surface area contributed by atoms with E-state index in [0.29, 0.717) is 5.15 Å². The van der Waals surface area contributed by atoms with Crippen molar-refractivity contribution in [2.45, 2.75) is 5.33 Å². The van der Waals surface area contributed by atoms with E-state index in [1.54, 1.807) is 16.8 Å². The third-order valence-corrected chi connectivity index (χ3v) is 2.92. The Morgan fingerprint density at radius 3 is 2.88 bits per heavy atom. The van der Waals surface area contributed by atoms with Crippen molar-refractivity contribution in [3.63, 3.8) is 0 Å². The van der Waals surface area contributed by atoms with E-state index in [2.05, 4.69) is 20.9 Å². The zero-order valence-electron chi connectivity index (χ0n) is 3.90. The highest BCUT2D eigenvalue weighted by Gasteiger charge is 1.98. The van der Waals surface area contributed by atoms with Crippen LogP contribution in [-0.2, 0) is 5.33 Å². The first kappa shape index (κ1) is 6.52. The van der Waals surface area contributed by atoms with Gasteiger partial charge >= 0.3 is 0 Å². The zero-order valence-corrected chi connectivity index (χ0v) is 7.05. The minimum absolute atomic E-state index is 0.617. The van der Waals surface area contributed by atoms with Gasteiger partial charge in [0.25, 0.3) is 0 Å². The minimum atomic E-state index is 0.617. The third-order valence-electron chi connectivity index (χ3n) is 0.712. The summed E-state index contributed by atoms with van der Waals surface area (Å²) in [7, 11) is 0. The number of aromatic nitrogens is 1. The van der Waals surface area contributed by atoms with Crippen molar-refractivity contribution in [1.82, 2.24) is 4.98 Å². The number of rotatable bonds is 1. The van der Waals surface area contributed by atoms with Crippen LogP contribution in [0.5, 0.6) is 0 Å². The molecular formula is C4H3BrClNS. The van der Waals surface area contributed by atoms with Gasteiger partial charge in [0.15, 0.2) is 0 Å². The summed E-state index contributed by atoms with van der Waals surface area (Å²) in [5.74, 6) is 0. The highest BCUT2D eigenvalue weighted by atomic mass is 79.9. The summed E-state index contributed by atoms with van der Waals surface area (Å²) in [6, 6.07) is 0. The van der Waals surface area contributed by atoms with E-state index in [-0.39, 0.29) is 0 Å². The number of hydrogen-bond acceptors (Lipinski definition) is 2. The van der Waals surface area contributed by atoms with Crippen molar-refractivity contribution < 1.29 is 0 Å². The predicted octanol–water partition coefficient (Wildman–Crippen LogP) is 2.69. The van der Waals surface area contributed by atoms with Crippen molar-refractivity contribution in [1.29, 1.82) is 0 Å². The molecule has 0 fully saturated rings. The fourth-order valence-electron chi connectivity index (χ4n) is 0.343. The molecule has 0 aliphatic rings. The Hall–Kier alpha value is 0.400. The van der Waals surface area contributed by atoms with Gasteiger partial charge < -0.3 is 0 Å². The molecule has 0 atom stereocenters. The Labute approximate surface area is 64.8 Å². The lowest BCUT2D eigenvalue weighted by Crippen LogP contribution is -1.67. The molecular weight excluding hydrogens is 209 g/mol. The van der Waals surface area contributed by atoms with Crippen molar-refractivity contribution >= 4 is 38.9 Å². The number of nitrogens with zero attached hydrogens (tertiary/aromatic N) is 1. The van der Waals surface area contributed by atoms with Crippen LogP contribution >= 0.6 is 38.9 Å². The second kappa shape index (κ2) is 2.80. The molecule has 0 bridgehead atoms. The first-order valence-electron chi connectivity index (χ1n) is 1.98. The Morgan fingerprint density at radius 1 is 1.88 bits per heavy atom. The van der Waals surface area contributed by atoms with Crippen molar-refractivity contribution in [3.05, 3.63) is 15.5 Å². The number of hydrogen-bond donors (Lipinski definition) is 0. The second-order valence-corrected chi connectivity index (χ2v) is 3.06. The molecule has 0 N–H and O–H groups in total. The van der Waals surface area contributed by atoms with Gasteiger partial charge in [0.2, 0.25) is 0 Å². The van der Waals surface area contributed by atoms with Crippen LogP contribution in [0.15, 0.2) is 5.51 Å². The van der Waals surface area contributed by atoms with Crippen molar-refractivity contribution in [3.8, 4) is 0 Å². The number of thiazole rings is 1. The van der Waals surface area contributed by atoms with E-state index in [4.69, 9.17) is 11.6 Å². The van der Waals surface area contributed by atoms with E-state index in [9.17, 15) is 0 Å². The zero-order chi connectivity index (χ0) is 5.98. The lowest BCUT2D eigenvalue weighted by atomic mass is 10.6. The van der Waals surface area contributed by atoms with E-state index in [0.717, 1.165) is 10.2 Å². The predicted molar refractivity (Wildman–Crippen MR) is 39.8 cm³/mol. The van der Waals surface area contributed by atoms with Crippen LogP contribution in [-0.4, -0.2) is 4.98 Å². The fourth-order valence-corrected chi connectivity index (χ4v) is 1.97. The van der Waals surface area contributed by atoms with E-state index >= 15 is 0 Å². The van der Waals surface area contributed by atoms with Gasteiger partial charge in [-0.25, -0.2) is 4.98 Å².